The number of hydrogen-bond acceptors (Lipinski definition) is 8. The summed E-state index contributed by atoms with van der Waals surface area (Å²) in [6.45, 7) is -0.601. The van der Waals surface area contributed by atoms with E-state index in [1.54, 1.807) is 30.3 Å². The fourth-order valence-corrected chi connectivity index (χ4v) is 4.85. The van der Waals surface area contributed by atoms with E-state index in [9.17, 15) is 24.5 Å². The molecule has 1 aliphatic heterocycles. The topological polar surface area (TPSA) is 128 Å². The number of imide groups is 1. The maximum absolute atomic E-state index is 13.0. The molecule has 3 amide bonds. The Kier molecular flexibility index (Phi) is 8.75. The second-order valence-electron chi connectivity index (χ2n) is 8.03. The molecule has 200 valence electrons. The van der Waals surface area contributed by atoms with Crippen molar-refractivity contribution in [3.05, 3.63) is 96.9 Å². The smallest absolute Gasteiger partial charge is 0.293 e. The number of benzene rings is 3. The van der Waals surface area contributed by atoms with Crippen LogP contribution in [0.15, 0.2) is 65.6 Å². The Hall–Kier alpha value is -4.06. The molecule has 1 heterocycles. The first-order chi connectivity index (χ1) is 18.7. The number of hydrogen-bond donors (Lipinski definition) is 1. The van der Waals surface area contributed by atoms with Gasteiger partial charge in [0, 0.05) is 22.3 Å². The van der Waals surface area contributed by atoms with E-state index in [1.165, 1.54) is 43.5 Å². The number of para-hydroxylation sites is 1. The number of amides is 3. The number of halogens is 2. The van der Waals surface area contributed by atoms with E-state index < -0.39 is 22.0 Å². The maximum atomic E-state index is 13.0. The summed E-state index contributed by atoms with van der Waals surface area (Å²) in [6, 6.07) is 15.5. The number of nitro groups is 1. The molecule has 10 nitrogen and oxygen atoms in total. The van der Waals surface area contributed by atoms with Gasteiger partial charge in [0.05, 0.1) is 28.5 Å². The van der Waals surface area contributed by atoms with Gasteiger partial charge in [-0.2, -0.15) is 0 Å². The van der Waals surface area contributed by atoms with E-state index in [4.69, 9.17) is 32.7 Å². The van der Waals surface area contributed by atoms with Gasteiger partial charge in [-0.15, -0.1) is 0 Å². The van der Waals surface area contributed by atoms with Crippen LogP contribution in [-0.2, 0) is 16.1 Å². The van der Waals surface area contributed by atoms with Crippen LogP contribution in [0.25, 0.3) is 6.08 Å². The Labute approximate surface area is 236 Å². The SMILES string of the molecule is COc1cc(/C=C2\SC(=O)N(Cc3ccccc3[N+](=O)[O-])C2=O)cc(Cl)c1OCC(=O)Nc1ccc(Cl)cc1. The van der Waals surface area contributed by atoms with Crippen molar-refractivity contribution in [2.45, 2.75) is 6.54 Å². The Morgan fingerprint density at radius 3 is 2.54 bits per heavy atom. The Morgan fingerprint density at radius 2 is 1.85 bits per heavy atom. The fraction of sp³-hybridized carbons (Fsp3) is 0.115. The predicted molar refractivity (Wildman–Crippen MR) is 148 cm³/mol. The third-order valence-electron chi connectivity index (χ3n) is 5.42. The average Bonchev–Trinajstić information content (AvgIpc) is 3.16. The standard InChI is InChI=1S/C26H19Cl2N3O7S/c1-37-21-11-15(10-19(28)24(21)38-14-23(32)29-18-8-6-17(27)7-9-18)12-22-25(33)30(26(34)39-22)13-16-4-2-3-5-20(16)31(35)36/h2-12H,13-14H2,1H3,(H,29,32)/b22-12-. The molecule has 1 fully saturated rings. The number of nitro benzene ring substituents is 1. The molecule has 13 heteroatoms. The number of ether oxygens (including phenoxy) is 2. The van der Waals surface area contributed by atoms with Crippen LogP contribution in [0.2, 0.25) is 10.0 Å². The van der Waals surface area contributed by atoms with E-state index in [0.29, 0.717) is 28.0 Å². The Morgan fingerprint density at radius 1 is 1.13 bits per heavy atom. The normalized spacial score (nSPS) is 14.0. The number of thioether (sulfide) groups is 1. The van der Waals surface area contributed by atoms with E-state index >= 15 is 0 Å². The van der Waals surface area contributed by atoms with Crippen LogP contribution in [0, 0.1) is 10.1 Å². The highest BCUT2D eigenvalue weighted by Gasteiger charge is 2.36. The molecule has 0 atom stereocenters. The minimum atomic E-state index is -0.600. The number of carbonyl (C=O) groups excluding carboxylic acids is 3. The van der Waals surface area contributed by atoms with Crippen molar-refractivity contribution in [3.63, 3.8) is 0 Å². The lowest BCUT2D eigenvalue weighted by Gasteiger charge is -2.14. The number of nitrogens with zero attached hydrogens (tertiary/aromatic N) is 2. The van der Waals surface area contributed by atoms with E-state index in [-0.39, 0.29) is 45.8 Å². The molecule has 0 unspecified atom stereocenters. The van der Waals surface area contributed by atoms with Gasteiger partial charge in [0.15, 0.2) is 18.1 Å². The zero-order chi connectivity index (χ0) is 28.1. The average molecular weight is 588 g/mol. The molecular weight excluding hydrogens is 569 g/mol. The zero-order valence-corrected chi connectivity index (χ0v) is 22.5. The summed E-state index contributed by atoms with van der Waals surface area (Å²) in [5.41, 5.74) is 1.02. The van der Waals surface area contributed by atoms with Crippen molar-refractivity contribution in [1.82, 2.24) is 4.90 Å². The second kappa shape index (κ2) is 12.2. The van der Waals surface area contributed by atoms with Gasteiger partial charge < -0.3 is 14.8 Å². The van der Waals surface area contributed by atoms with Gasteiger partial charge in [-0.3, -0.25) is 29.4 Å². The summed E-state index contributed by atoms with van der Waals surface area (Å²) in [5, 5.41) is 14.0. The summed E-state index contributed by atoms with van der Waals surface area (Å²) < 4.78 is 10.9. The molecule has 1 saturated heterocycles. The minimum absolute atomic E-state index is 0.104. The Bertz CT molecular complexity index is 1500. The van der Waals surface area contributed by atoms with Crippen molar-refractivity contribution < 1.29 is 28.8 Å². The molecule has 0 aromatic heterocycles. The number of rotatable bonds is 9. The first kappa shape index (κ1) is 28.0. The van der Waals surface area contributed by atoms with Crippen molar-refractivity contribution in [2.24, 2.45) is 0 Å². The summed E-state index contributed by atoms with van der Waals surface area (Å²) >= 11 is 12.9. The predicted octanol–water partition coefficient (Wildman–Crippen LogP) is 6.16. The number of methoxy groups -OCH3 is 1. The maximum Gasteiger partial charge on any atom is 0.293 e. The van der Waals surface area contributed by atoms with Gasteiger partial charge in [-0.05, 0) is 59.8 Å². The Balaban J connectivity index is 1.48. The van der Waals surface area contributed by atoms with Gasteiger partial charge in [0.25, 0.3) is 22.7 Å². The highest BCUT2D eigenvalue weighted by Crippen LogP contribution is 2.39. The van der Waals surface area contributed by atoms with Crippen LogP contribution in [0.3, 0.4) is 0 Å². The van der Waals surface area contributed by atoms with Gasteiger partial charge in [-0.1, -0.05) is 41.4 Å². The molecule has 0 aliphatic carbocycles. The molecule has 3 aromatic rings. The molecule has 4 rings (SSSR count). The third-order valence-corrected chi connectivity index (χ3v) is 6.86. The quantitative estimate of drug-likeness (QED) is 0.179. The van der Waals surface area contributed by atoms with E-state index in [0.717, 1.165) is 4.90 Å². The second-order valence-corrected chi connectivity index (χ2v) is 9.87. The monoisotopic (exact) mass is 587 g/mol. The molecule has 0 saturated carbocycles. The van der Waals surface area contributed by atoms with Gasteiger partial charge in [0.1, 0.15) is 0 Å². The highest BCUT2D eigenvalue weighted by molar-refractivity contribution is 8.18. The van der Waals surface area contributed by atoms with Gasteiger partial charge in [0.2, 0.25) is 0 Å². The van der Waals surface area contributed by atoms with Gasteiger partial charge >= 0.3 is 0 Å². The lowest BCUT2D eigenvalue weighted by Crippen LogP contribution is -2.27. The molecular formula is C26H19Cl2N3O7S. The number of nitrogens with one attached hydrogen (secondary N) is 1. The van der Waals surface area contributed by atoms with Crippen molar-refractivity contribution >= 4 is 69.5 Å². The fourth-order valence-electron chi connectivity index (χ4n) is 3.61. The molecule has 0 radical (unpaired) electrons. The van der Waals surface area contributed by atoms with E-state index in [1.807, 2.05) is 0 Å². The molecule has 0 bridgehead atoms. The molecule has 1 N–H and O–H groups in total. The summed E-state index contributed by atoms with van der Waals surface area (Å²) in [7, 11) is 1.39. The summed E-state index contributed by atoms with van der Waals surface area (Å²) in [6.07, 6.45) is 1.45. The zero-order valence-electron chi connectivity index (χ0n) is 20.2. The van der Waals surface area contributed by atoms with Crippen molar-refractivity contribution in [3.8, 4) is 11.5 Å². The lowest BCUT2D eigenvalue weighted by molar-refractivity contribution is -0.385. The van der Waals surface area contributed by atoms with Crippen LogP contribution in [0.4, 0.5) is 16.2 Å². The third kappa shape index (κ3) is 6.69. The summed E-state index contributed by atoms with van der Waals surface area (Å²) in [4.78, 5) is 49.6. The first-order valence-corrected chi connectivity index (χ1v) is 12.8. The number of anilines is 1. The van der Waals surface area contributed by atoms with Crippen molar-refractivity contribution in [2.75, 3.05) is 19.0 Å². The van der Waals surface area contributed by atoms with Crippen LogP contribution in [-0.4, -0.2) is 40.6 Å². The molecule has 1 aliphatic rings. The largest absolute Gasteiger partial charge is 0.493 e. The van der Waals surface area contributed by atoms with Crippen molar-refractivity contribution in [1.29, 1.82) is 0 Å². The first-order valence-electron chi connectivity index (χ1n) is 11.2. The molecule has 3 aromatic carbocycles. The lowest BCUT2D eigenvalue weighted by atomic mass is 10.1. The van der Waals surface area contributed by atoms with E-state index in [2.05, 4.69) is 5.32 Å². The molecule has 39 heavy (non-hydrogen) atoms. The van der Waals surface area contributed by atoms with Crippen LogP contribution in [0.1, 0.15) is 11.1 Å². The van der Waals surface area contributed by atoms with Crippen LogP contribution in [0.5, 0.6) is 11.5 Å². The number of carbonyl (C=O) groups is 3. The highest BCUT2D eigenvalue weighted by atomic mass is 35.5. The summed E-state index contributed by atoms with van der Waals surface area (Å²) in [5.74, 6) is -0.719. The minimum Gasteiger partial charge on any atom is -0.493 e. The van der Waals surface area contributed by atoms with Crippen LogP contribution >= 0.6 is 35.0 Å². The van der Waals surface area contributed by atoms with Gasteiger partial charge in [-0.25, -0.2) is 0 Å². The molecule has 0 spiro atoms. The van der Waals surface area contributed by atoms with Crippen LogP contribution < -0.4 is 14.8 Å².